The van der Waals surface area contributed by atoms with E-state index < -0.39 is 10.0 Å². The van der Waals surface area contributed by atoms with E-state index in [2.05, 4.69) is 0 Å². The molecule has 1 aliphatic heterocycles. The smallest absolute Gasteiger partial charge is 0.252 e. The van der Waals surface area contributed by atoms with Crippen LogP contribution in [0.25, 0.3) is 0 Å². The highest BCUT2D eigenvalue weighted by molar-refractivity contribution is 7.91. The van der Waals surface area contributed by atoms with Crippen molar-refractivity contribution in [3.63, 3.8) is 0 Å². The Morgan fingerprint density at radius 2 is 2.21 bits per heavy atom. The fourth-order valence-electron chi connectivity index (χ4n) is 2.36. The van der Waals surface area contributed by atoms with Gasteiger partial charge in [0.05, 0.1) is 6.61 Å². The molecule has 1 saturated heterocycles. The molecule has 1 fully saturated rings. The number of thiophene rings is 1. The number of sulfonamides is 1. The molecule has 1 atom stereocenters. The van der Waals surface area contributed by atoms with Gasteiger partial charge in [-0.25, -0.2) is 8.42 Å². The van der Waals surface area contributed by atoms with E-state index in [1.54, 1.807) is 6.07 Å². The molecule has 0 bridgehead atoms. The Labute approximate surface area is 118 Å². The Kier molecular flexibility index (Phi) is 4.97. The summed E-state index contributed by atoms with van der Waals surface area (Å²) in [6.07, 6.45) is 3.26. The quantitative estimate of drug-likeness (QED) is 0.842. The molecular formula is C12H20N2O3S2. The number of hydrogen-bond acceptors (Lipinski definition) is 5. The zero-order valence-electron chi connectivity index (χ0n) is 10.8. The monoisotopic (exact) mass is 304 g/mol. The summed E-state index contributed by atoms with van der Waals surface area (Å²) in [6, 6.07) is 3.19. The summed E-state index contributed by atoms with van der Waals surface area (Å²) in [7, 11) is -3.47. The lowest BCUT2D eigenvalue weighted by Gasteiger charge is -2.32. The Hall–Kier alpha value is -0.470. The van der Waals surface area contributed by atoms with Crippen LogP contribution in [0.4, 0.5) is 0 Å². The van der Waals surface area contributed by atoms with Crippen molar-refractivity contribution in [2.45, 2.75) is 35.9 Å². The molecule has 0 aromatic carbocycles. The Balaban J connectivity index is 2.24. The van der Waals surface area contributed by atoms with Gasteiger partial charge in [0, 0.05) is 17.5 Å². The number of nitrogens with zero attached hydrogens (tertiary/aromatic N) is 1. The lowest BCUT2D eigenvalue weighted by molar-refractivity contribution is 0.155. The molecule has 0 radical (unpaired) electrons. The van der Waals surface area contributed by atoms with Crippen LogP contribution in [0.2, 0.25) is 0 Å². The summed E-state index contributed by atoms with van der Waals surface area (Å²) in [5, 5.41) is 9.34. The van der Waals surface area contributed by atoms with E-state index in [9.17, 15) is 13.5 Å². The normalized spacial score (nSPS) is 21.7. The number of rotatable bonds is 5. The lowest BCUT2D eigenvalue weighted by atomic mass is 10.1. The van der Waals surface area contributed by atoms with Gasteiger partial charge in [0.25, 0.3) is 10.0 Å². The van der Waals surface area contributed by atoms with E-state index in [-0.39, 0.29) is 12.6 Å². The largest absolute Gasteiger partial charge is 0.395 e. The fourth-order valence-corrected chi connectivity index (χ4v) is 5.55. The van der Waals surface area contributed by atoms with E-state index in [4.69, 9.17) is 5.73 Å². The molecule has 1 aromatic rings. The van der Waals surface area contributed by atoms with Gasteiger partial charge < -0.3 is 10.8 Å². The van der Waals surface area contributed by atoms with Crippen LogP contribution < -0.4 is 5.73 Å². The van der Waals surface area contributed by atoms with Crippen LogP contribution in [0, 0.1) is 0 Å². The van der Waals surface area contributed by atoms with Crippen molar-refractivity contribution < 1.29 is 13.5 Å². The number of piperidine rings is 1. The van der Waals surface area contributed by atoms with Gasteiger partial charge in [0.1, 0.15) is 4.21 Å². The van der Waals surface area contributed by atoms with Crippen LogP contribution >= 0.6 is 11.3 Å². The van der Waals surface area contributed by atoms with Crippen molar-refractivity contribution in [2.24, 2.45) is 5.73 Å². The number of hydrogen-bond donors (Lipinski definition) is 2. The summed E-state index contributed by atoms with van der Waals surface area (Å²) in [5.41, 5.74) is 5.48. The molecule has 3 N–H and O–H groups in total. The molecule has 0 amide bonds. The molecule has 1 unspecified atom stereocenters. The van der Waals surface area contributed by atoms with Crippen molar-refractivity contribution in [1.29, 1.82) is 0 Å². The van der Waals surface area contributed by atoms with E-state index in [1.807, 2.05) is 6.07 Å². The molecule has 0 aliphatic carbocycles. The molecule has 1 aromatic heterocycles. The van der Waals surface area contributed by atoms with Gasteiger partial charge in [0.2, 0.25) is 0 Å². The van der Waals surface area contributed by atoms with Crippen molar-refractivity contribution in [3.8, 4) is 0 Å². The summed E-state index contributed by atoms with van der Waals surface area (Å²) < 4.78 is 26.9. The second kappa shape index (κ2) is 6.32. The first-order valence-electron chi connectivity index (χ1n) is 6.51. The minimum absolute atomic E-state index is 0.111. The molecule has 1 aliphatic rings. The fraction of sp³-hybridized carbons (Fsp3) is 0.667. The molecule has 5 nitrogen and oxygen atoms in total. The van der Waals surface area contributed by atoms with Gasteiger partial charge in [-0.3, -0.25) is 0 Å². The Bertz CT molecular complexity index is 513. The van der Waals surface area contributed by atoms with E-state index in [0.717, 1.165) is 24.1 Å². The first-order valence-corrected chi connectivity index (χ1v) is 8.76. The van der Waals surface area contributed by atoms with E-state index >= 15 is 0 Å². The highest BCUT2D eigenvalue weighted by atomic mass is 32.2. The van der Waals surface area contributed by atoms with Crippen LogP contribution in [0.3, 0.4) is 0 Å². The zero-order chi connectivity index (χ0) is 13.9. The predicted octanol–water partition coefficient (Wildman–Crippen LogP) is 0.785. The third kappa shape index (κ3) is 3.17. The van der Waals surface area contributed by atoms with Gasteiger partial charge in [-0.2, -0.15) is 4.31 Å². The number of nitrogens with two attached hydrogens (primary N) is 1. The maximum atomic E-state index is 12.6. The van der Waals surface area contributed by atoms with Crippen molar-refractivity contribution in [2.75, 3.05) is 19.7 Å². The van der Waals surface area contributed by atoms with Gasteiger partial charge in [-0.1, -0.05) is 6.42 Å². The molecular weight excluding hydrogens is 284 g/mol. The third-order valence-electron chi connectivity index (χ3n) is 3.37. The Morgan fingerprint density at radius 3 is 2.89 bits per heavy atom. The first kappa shape index (κ1) is 14.9. The van der Waals surface area contributed by atoms with E-state index in [1.165, 1.54) is 15.6 Å². The van der Waals surface area contributed by atoms with Gasteiger partial charge >= 0.3 is 0 Å². The molecule has 0 saturated carbocycles. The van der Waals surface area contributed by atoms with Crippen LogP contribution in [0.1, 0.15) is 24.1 Å². The molecule has 19 heavy (non-hydrogen) atoms. The zero-order valence-corrected chi connectivity index (χ0v) is 12.4. The summed E-state index contributed by atoms with van der Waals surface area (Å²) >= 11 is 1.28. The average molecular weight is 304 g/mol. The van der Waals surface area contributed by atoms with Crippen LogP contribution in [0.5, 0.6) is 0 Å². The van der Waals surface area contributed by atoms with Crippen LogP contribution in [-0.4, -0.2) is 43.6 Å². The lowest BCUT2D eigenvalue weighted by Crippen LogP contribution is -2.45. The summed E-state index contributed by atoms with van der Waals surface area (Å²) in [4.78, 5) is 0.985. The minimum Gasteiger partial charge on any atom is -0.395 e. The predicted molar refractivity (Wildman–Crippen MR) is 75.7 cm³/mol. The van der Waals surface area contributed by atoms with Crippen LogP contribution in [-0.2, 0) is 16.4 Å². The van der Waals surface area contributed by atoms with Crippen molar-refractivity contribution in [3.05, 3.63) is 17.0 Å². The van der Waals surface area contributed by atoms with E-state index in [0.29, 0.717) is 23.7 Å². The standard InChI is InChI=1S/C12H20N2O3S2/c13-7-6-11-4-5-12(18-11)19(16,17)14-8-2-1-3-10(14)9-15/h4-5,10,15H,1-3,6-9,13H2. The van der Waals surface area contributed by atoms with Crippen LogP contribution in [0.15, 0.2) is 16.3 Å². The third-order valence-corrected chi connectivity index (χ3v) is 6.94. The average Bonchev–Trinajstić information content (AvgIpc) is 2.88. The van der Waals surface area contributed by atoms with Gasteiger partial charge in [-0.15, -0.1) is 11.3 Å². The highest BCUT2D eigenvalue weighted by Crippen LogP contribution is 2.29. The molecule has 0 spiro atoms. The minimum atomic E-state index is -3.47. The molecule has 7 heteroatoms. The highest BCUT2D eigenvalue weighted by Gasteiger charge is 2.33. The first-order chi connectivity index (χ1) is 9.09. The molecule has 2 rings (SSSR count). The number of aliphatic hydroxyl groups excluding tert-OH is 1. The summed E-state index contributed by atoms with van der Waals surface area (Å²) in [5.74, 6) is 0. The maximum Gasteiger partial charge on any atom is 0.252 e. The van der Waals surface area contributed by atoms with Crippen molar-refractivity contribution in [1.82, 2.24) is 4.31 Å². The summed E-state index contributed by atoms with van der Waals surface area (Å²) in [6.45, 7) is 0.904. The molecule has 2 heterocycles. The second-order valence-electron chi connectivity index (χ2n) is 4.71. The SMILES string of the molecule is NCCc1ccc(S(=O)(=O)N2CCCCC2CO)s1. The second-order valence-corrected chi connectivity index (χ2v) is 7.99. The van der Waals surface area contributed by atoms with Gasteiger partial charge in [-0.05, 0) is 37.9 Å². The van der Waals surface area contributed by atoms with Gasteiger partial charge in [0.15, 0.2) is 0 Å². The number of aliphatic hydroxyl groups is 1. The Morgan fingerprint density at radius 1 is 1.42 bits per heavy atom. The topological polar surface area (TPSA) is 83.6 Å². The van der Waals surface area contributed by atoms with Crippen molar-refractivity contribution >= 4 is 21.4 Å². The maximum absolute atomic E-state index is 12.6. The molecule has 108 valence electrons.